The first-order chi connectivity index (χ1) is 9.11. The SMILES string of the molecule is CC(C)[C@H](NC(=O)Nc1nc(C(C)(C)C)cs1)C(=O)O. The molecule has 0 fully saturated rings. The smallest absolute Gasteiger partial charge is 0.326 e. The van der Waals surface area contributed by atoms with Crippen molar-refractivity contribution in [2.24, 2.45) is 5.92 Å². The molecule has 1 atom stereocenters. The minimum Gasteiger partial charge on any atom is -0.480 e. The van der Waals surface area contributed by atoms with Gasteiger partial charge in [-0.3, -0.25) is 5.32 Å². The zero-order valence-electron chi connectivity index (χ0n) is 12.4. The van der Waals surface area contributed by atoms with Gasteiger partial charge in [-0.1, -0.05) is 34.6 Å². The van der Waals surface area contributed by atoms with E-state index in [1.165, 1.54) is 11.3 Å². The van der Waals surface area contributed by atoms with Gasteiger partial charge in [0.25, 0.3) is 0 Å². The van der Waals surface area contributed by atoms with Crippen LogP contribution in [-0.4, -0.2) is 28.1 Å². The van der Waals surface area contributed by atoms with Crippen LogP contribution in [0, 0.1) is 5.92 Å². The Kier molecular flexibility index (Phi) is 5.10. The average Bonchev–Trinajstić information content (AvgIpc) is 2.73. The van der Waals surface area contributed by atoms with Crippen molar-refractivity contribution < 1.29 is 14.7 Å². The van der Waals surface area contributed by atoms with Crippen LogP contribution in [0.2, 0.25) is 0 Å². The number of hydrogen-bond donors (Lipinski definition) is 3. The molecular formula is C13H21N3O3S. The Morgan fingerprint density at radius 1 is 1.35 bits per heavy atom. The Hall–Kier alpha value is -1.63. The maximum Gasteiger partial charge on any atom is 0.326 e. The van der Waals surface area contributed by atoms with E-state index in [1.54, 1.807) is 13.8 Å². The van der Waals surface area contributed by atoms with Gasteiger partial charge < -0.3 is 10.4 Å². The Balaban J connectivity index is 2.67. The predicted molar refractivity (Wildman–Crippen MR) is 79.2 cm³/mol. The highest BCUT2D eigenvalue weighted by Gasteiger charge is 2.24. The number of aliphatic carboxylic acids is 1. The molecule has 0 bridgehead atoms. The zero-order chi connectivity index (χ0) is 15.5. The number of aromatic nitrogens is 1. The van der Waals surface area contributed by atoms with Crippen LogP contribution in [-0.2, 0) is 10.2 Å². The number of amides is 2. The molecule has 0 radical (unpaired) electrons. The number of carboxylic acids is 1. The van der Waals surface area contributed by atoms with Crippen LogP contribution in [0.4, 0.5) is 9.93 Å². The Morgan fingerprint density at radius 3 is 2.35 bits per heavy atom. The van der Waals surface area contributed by atoms with Crippen LogP contribution in [0.1, 0.15) is 40.3 Å². The molecule has 2 amide bonds. The van der Waals surface area contributed by atoms with E-state index in [9.17, 15) is 9.59 Å². The summed E-state index contributed by atoms with van der Waals surface area (Å²) in [5, 5.41) is 16.4. The molecule has 0 aromatic carbocycles. The summed E-state index contributed by atoms with van der Waals surface area (Å²) in [6.45, 7) is 9.57. The van der Waals surface area contributed by atoms with E-state index in [0.717, 1.165) is 5.69 Å². The summed E-state index contributed by atoms with van der Waals surface area (Å²) in [5.74, 6) is -1.25. The van der Waals surface area contributed by atoms with Crippen LogP contribution in [0.5, 0.6) is 0 Å². The molecule has 1 aromatic heterocycles. The predicted octanol–water partition coefficient (Wildman–Crippen LogP) is 2.67. The van der Waals surface area contributed by atoms with Crippen molar-refractivity contribution in [2.75, 3.05) is 5.32 Å². The quantitative estimate of drug-likeness (QED) is 0.797. The minimum absolute atomic E-state index is 0.0889. The number of nitrogens with one attached hydrogen (secondary N) is 2. The fourth-order valence-electron chi connectivity index (χ4n) is 1.46. The second-order valence-corrected chi connectivity index (χ2v) is 6.80. The first kappa shape index (κ1) is 16.4. The van der Waals surface area contributed by atoms with Crippen molar-refractivity contribution in [2.45, 2.75) is 46.1 Å². The van der Waals surface area contributed by atoms with E-state index >= 15 is 0 Å². The topological polar surface area (TPSA) is 91.3 Å². The minimum atomic E-state index is -1.05. The third-order valence-corrected chi connectivity index (χ3v) is 3.47. The van der Waals surface area contributed by atoms with Crippen LogP contribution >= 0.6 is 11.3 Å². The zero-order valence-corrected chi connectivity index (χ0v) is 13.2. The standard InChI is InChI=1S/C13H21N3O3S/c1-7(2)9(10(17)18)15-11(19)16-12-14-8(6-20-12)13(3,4)5/h6-7,9H,1-5H3,(H,17,18)(H2,14,15,16,19)/t9-/m0/s1. The third kappa shape index (κ3) is 4.48. The highest BCUT2D eigenvalue weighted by Crippen LogP contribution is 2.26. The van der Waals surface area contributed by atoms with Crippen molar-refractivity contribution >= 4 is 28.5 Å². The highest BCUT2D eigenvalue weighted by molar-refractivity contribution is 7.13. The summed E-state index contributed by atoms with van der Waals surface area (Å²) >= 11 is 1.32. The van der Waals surface area contributed by atoms with Crippen LogP contribution in [0.15, 0.2) is 5.38 Å². The van der Waals surface area contributed by atoms with Gasteiger partial charge in [0.1, 0.15) is 6.04 Å². The van der Waals surface area contributed by atoms with E-state index < -0.39 is 18.0 Å². The van der Waals surface area contributed by atoms with Gasteiger partial charge in [0, 0.05) is 10.8 Å². The number of nitrogens with zero attached hydrogens (tertiary/aromatic N) is 1. The fraction of sp³-hybridized carbons (Fsp3) is 0.615. The normalized spacial score (nSPS) is 13.1. The van der Waals surface area contributed by atoms with Gasteiger partial charge >= 0.3 is 12.0 Å². The van der Waals surface area contributed by atoms with Gasteiger partial charge in [0.2, 0.25) is 0 Å². The molecule has 0 saturated carbocycles. The lowest BCUT2D eigenvalue weighted by Crippen LogP contribution is -2.46. The van der Waals surface area contributed by atoms with E-state index in [2.05, 4.69) is 15.6 Å². The summed E-state index contributed by atoms with van der Waals surface area (Å²) in [4.78, 5) is 27.1. The van der Waals surface area contributed by atoms with Crippen molar-refractivity contribution in [1.29, 1.82) is 0 Å². The number of anilines is 1. The van der Waals surface area contributed by atoms with E-state index in [0.29, 0.717) is 5.13 Å². The maximum atomic E-state index is 11.8. The molecule has 3 N–H and O–H groups in total. The average molecular weight is 299 g/mol. The lowest BCUT2D eigenvalue weighted by molar-refractivity contribution is -0.140. The van der Waals surface area contributed by atoms with Crippen molar-refractivity contribution in [3.05, 3.63) is 11.1 Å². The van der Waals surface area contributed by atoms with Crippen LogP contribution in [0.3, 0.4) is 0 Å². The molecular weight excluding hydrogens is 278 g/mol. The summed E-state index contributed by atoms with van der Waals surface area (Å²) in [7, 11) is 0. The molecule has 112 valence electrons. The van der Waals surface area contributed by atoms with Gasteiger partial charge in [-0.2, -0.15) is 0 Å². The van der Waals surface area contributed by atoms with Gasteiger partial charge in [-0.05, 0) is 5.92 Å². The molecule has 0 unspecified atom stereocenters. The van der Waals surface area contributed by atoms with Crippen LogP contribution in [0.25, 0.3) is 0 Å². The third-order valence-electron chi connectivity index (χ3n) is 2.71. The van der Waals surface area contributed by atoms with Crippen molar-refractivity contribution in [1.82, 2.24) is 10.3 Å². The molecule has 0 aliphatic carbocycles. The first-order valence-corrected chi connectivity index (χ1v) is 7.25. The number of hydrogen-bond acceptors (Lipinski definition) is 4. The molecule has 6 nitrogen and oxygen atoms in total. The molecule has 0 spiro atoms. The molecule has 7 heteroatoms. The Morgan fingerprint density at radius 2 is 1.95 bits per heavy atom. The number of carbonyl (C=O) groups excluding carboxylic acids is 1. The number of thiazole rings is 1. The molecule has 0 aliphatic rings. The highest BCUT2D eigenvalue weighted by atomic mass is 32.1. The fourth-order valence-corrected chi connectivity index (χ4v) is 2.40. The van der Waals surface area contributed by atoms with Crippen molar-refractivity contribution in [3.63, 3.8) is 0 Å². The lowest BCUT2D eigenvalue weighted by Gasteiger charge is -2.17. The molecule has 1 aromatic rings. The van der Waals surface area contributed by atoms with Gasteiger partial charge in [0.15, 0.2) is 5.13 Å². The lowest BCUT2D eigenvalue weighted by atomic mass is 9.93. The van der Waals surface area contributed by atoms with Gasteiger partial charge in [-0.25, -0.2) is 14.6 Å². The molecule has 1 heterocycles. The maximum absolute atomic E-state index is 11.8. The Labute approximate surface area is 122 Å². The summed E-state index contributed by atoms with van der Waals surface area (Å²) in [6, 6.07) is -1.47. The molecule has 1 rings (SSSR count). The second-order valence-electron chi connectivity index (χ2n) is 5.95. The molecule has 20 heavy (non-hydrogen) atoms. The first-order valence-electron chi connectivity index (χ1n) is 6.37. The van der Waals surface area contributed by atoms with Crippen LogP contribution < -0.4 is 10.6 Å². The van der Waals surface area contributed by atoms with Gasteiger partial charge in [0.05, 0.1) is 5.69 Å². The van der Waals surface area contributed by atoms with E-state index in [1.807, 2.05) is 26.2 Å². The summed E-state index contributed by atoms with van der Waals surface area (Å²) < 4.78 is 0. The number of carboxylic acid groups (broad SMARTS) is 1. The largest absolute Gasteiger partial charge is 0.480 e. The monoisotopic (exact) mass is 299 g/mol. The van der Waals surface area contributed by atoms with E-state index in [4.69, 9.17) is 5.11 Å². The van der Waals surface area contributed by atoms with E-state index in [-0.39, 0.29) is 11.3 Å². The second kappa shape index (κ2) is 6.21. The summed E-state index contributed by atoms with van der Waals surface area (Å²) in [5.41, 5.74) is 0.797. The molecule has 0 aliphatic heterocycles. The summed E-state index contributed by atoms with van der Waals surface area (Å²) in [6.07, 6.45) is 0. The van der Waals surface area contributed by atoms with Gasteiger partial charge in [-0.15, -0.1) is 11.3 Å². The number of carbonyl (C=O) groups is 2. The number of urea groups is 1. The van der Waals surface area contributed by atoms with Crippen molar-refractivity contribution in [3.8, 4) is 0 Å². The number of rotatable bonds is 4. The Bertz CT molecular complexity index is 491. The molecule has 0 saturated heterocycles.